The lowest BCUT2D eigenvalue weighted by Crippen LogP contribution is -1.81. The summed E-state index contributed by atoms with van der Waals surface area (Å²) in [5.74, 6) is 1.01. The predicted octanol–water partition coefficient (Wildman–Crippen LogP) is 3.68. The van der Waals surface area contributed by atoms with Crippen molar-refractivity contribution in [2.24, 2.45) is 0 Å². The molecule has 0 aliphatic carbocycles. The Morgan fingerprint density at radius 3 is 2.33 bits per heavy atom. The van der Waals surface area contributed by atoms with Gasteiger partial charge in [0, 0.05) is 23.0 Å². The number of rotatable bonds is 3. The highest BCUT2D eigenvalue weighted by Gasteiger charge is 1.95. The van der Waals surface area contributed by atoms with Crippen molar-refractivity contribution in [2.45, 2.75) is 17.6 Å². The van der Waals surface area contributed by atoms with Crippen LogP contribution in [0.3, 0.4) is 0 Å². The third-order valence-electron chi connectivity index (χ3n) is 2.18. The molecule has 0 radical (unpaired) electrons. The minimum atomic E-state index is 1.01. The maximum atomic E-state index is 4.00. The number of hydrogen-bond acceptors (Lipinski definition) is 2. The van der Waals surface area contributed by atoms with Gasteiger partial charge in [-0.05, 0) is 36.8 Å². The molecule has 2 heteroatoms. The van der Waals surface area contributed by atoms with Crippen LogP contribution in [0.2, 0.25) is 0 Å². The van der Waals surface area contributed by atoms with E-state index in [4.69, 9.17) is 0 Å². The van der Waals surface area contributed by atoms with E-state index in [1.807, 2.05) is 24.2 Å². The maximum Gasteiger partial charge on any atom is 0.0270 e. The summed E-state index contributed by atoms with van der Waals surface area (Å²) in [5, 5.41) is 0. The summed E-state index contributed by atoms with van der Waals surface area (Å²) in [7, 11) is 0. The zero-order valence-corrected chi connectivity index (χ0v) is 9.50. The van der Waals surface area contributed by atoms with E-state index in [1.165, 1.54) is 16.0 Å². The summed E-state index contributed by atoms with van der Waals surface area (Å²) < 4.78 is 0. The van der Waals surface area contributed by atoms with Gasteiger partial charge in [-0.2, -0.15) is 0 Å². The lowest BCUT2D eigenvalue weighted by Gasteiger charge is -2.01. The van der Waals surface area contributed by atoms with Gasteiger partial charge in [0.2, 0.25) is 0 Å². The first kappa shape index (κ1) is 10.2. The minimum absolute atomic E-state index is 1.01. The molecule has 0 amide bonds. The molecule has 0 spiro atoms. The molecule has 0 N–H and O–H groups in total. The molecule has 0 saturated carbocycles. The Morgan fingerprint density at radius 1 is 1.00 bits per heavy atom. The number of aromatic nitrogens is 1. The van der Waals surface area contributed by atoms with Crippen molar-refractivity contribution in [2.75, 3.05) is 0 Å². The number of aryl methyl sites for hydroxylation is 1. The Balaban J connectivity index is 1.96. The van der Waals surface area contributed by atoms with Crippen molar-refractivity contribution < 1.29 is 0 Å². The summed E-state index contributed by atoms with van der Waals surface area (Å²) in [4.78, 5) is 5.32. The molecule has 0 unspecified atom stereocenters. The molecule has 0 fully saturated rings. The Kier molecular flexibility index (Phi) is 3.41. The highest BCUT2D eigenvalue weighted by Crippen LogP contribution is 2.22. The quantitative estimate of drug-likeness (QED) is 0.724. The SMILES string of the molecule is Cc1ccc(SCc2ccncc2)cc1. The average Bonchev–Trinajstić information content (AvgIpc) is 2.30. The number of pyridine rings is 1. The molecule has 0 aliphatic rings. The Hall–Kier alpha value is -1.28. The van der Waals surface area contributed by atoms with Crippen LogP contribution >= 0.6 is 11.8 Å². The molecule has 2 rings (SSSR count). The molecular formula is C13H13NS. The monoisotopic (exact) mass is 215 g/mol. The van der Waals surface area contributed by atoms with E-state index >= 15 is 0 Å². The number of nitrogens with zero attached hydrogens (tertiary/aromatic N) is 1. The third-order valence-corrected chi connectivity index (χ3v) is 3.26. The maximum absolute atomic E-state index is 4.00. The smallest absolute Gasteiger partial charge is 0.0270 e. The van der Waals surface area contributed by atoms with Crippen LogP contribution in [0.15, 0.2) is 53.7 Å². The lowest BCUT2D eigenvalue weighted by molar-refractivity contribution is 1.27. The fraction of sp³-hybridized carbons (Fsp3) is 0.154. The van der Waals surface area contributed by atoms with E-state index in [0.29, 0.717) is 0 Å². The Labute approximate surface area is 94.6 Å². The first-order valence-electron chi connectivity index (χ1n) is 4.93. The molecule has 0 atom stereocenters. The van der Waals surface area contributed by atoms with Gasteiger partial charge in [0.25, 0.3) is 0 Å². The zero-order chi connectivity index (χ0) is 10.5. The first-order chi connectivity index (χ1) is 7.34. The van der Waals surface area contributed by atoms with E-state index in [9.17, 15) is 0 Å². The van der Waals surface area contributed by atoms with Crippen LogP contribution in [-0.2, 0) is 5.75 Å². The van der Waals surface area contributed by atoms with Crippen molar-refractivity contribution in [3.63, 3.8) is 0 Å². The van der Waals surface area contributed by atoms with Crippen molar-refractivity contribution in [1.82, 2.24) is 4.98 Å². The average molecular weight is 215 g/mol. The van der Waals surface area contributed by atoms with Crippen LogP contribution in [0.25, 0.3) is 0 Å². The van der Waals surface area contributed by atoms with E-state index in [1.54, 1.807) is 0 Å². The third kappa shape index (κ3) is 3.10. The molecule has 2 aromatic rings. The summed E-state index contributed by atoms with van der Waals surface area (Å²) in [5.41, 5.74) is 2.62. The minimum Gasteiger partial charge on any atom is -0.265 e. The van der Waals surface area contributed by atoms with E-state index in [0.717, 1.165) is 5.75 Å². The van der Waals surface area contributed by atoms with Gasteiger partial charge in [-0.3, -0.25) is 4.98 Å². The van der Waals surface area contributed by atoms with Crippen molar-refractivity contribution in [1.29, 1.82) is 0 Å². The molecule has 0 aliphatic heterocycles. The van der Waals surface area contributed by atoms with Gasteiger partial charge >= 0.3 is 0 Å². The largest absolute Gasteiger partial charge is 0.265 e. The molecule has 1 nitrogen and oxygen atoms in total. The van der Waals surface area contributed by atoms with Gasteiger partial charge in [-0.25, -0.2) is 0 Å². The second kappa shape index (κ2) is 4.99. The predicted molar refractivity (Wildman–Crippen MR) is 65.0 cm³/mol. The second-order valence-corrected chi connectivity index (χ2v) is 4.51. The van der Waals surface area contributed by atoms with Gasteiger partial charge in [0.05, 0.1) is 0 Å². The standard InChI is InChI=1S/C13H13NS/c1-11-2-4-13(5-3-11)15-10-12-6-8-14-9-7-12/h2-9H,10H2,1H3. The van der Waals surface area contributed by atoms with Crippen LogP contribution in [0.4, 0.5) is 0 Å². The molecule has 15 heavy (non-hydrogen) atoms. The number of thioether (sulfide) groups is 1. The lowest BCUT2D eigenvalue weighted by atomic mass is 10.2. The van der Waals surface area contributed by atoms with Gasteiger partial charge in [0.15, 0.2) is 0 Å². The Morgan fingerprint density at radius 2 is 1.67 bits per heavy atom. The van der Waals surface area contributed by atoms with Gasteiger partial charge < -0.3 is 0 Å². The second-order valence-electron chi connectivity index (χ2n) is 3.46. The van der Waals surface area contributed by atoms with E-state index < -0.39 is 0 Å². The first-order valence-corrected chi connectivity index (χ1v) is 5.91. The van der Waals surface area contributed by atoms with Crippen LogP contribution in [-0.4, -0.2) is 4.98 Å². The normalized spacial score (nSPS) is 10.2. The molecule has 1 heterocycles. The molecule has 0 saturated heterocycles. The van der Waals surface area contributed by atoms with Crippen LogP contribution in [0, 0.1) is 6.92 Å². The van der Waals surface area contributed by atoms with E-state index in [2.05, 4.69) is 48.3 Å². The molecule has 1 aromatic carbocycles. The fourth-order valence-corrected chi connectivity index (χ4v) is 2.13. The van der Waals surface area contributed by atoms with Crippen molar-refractivity contribution in [3.8, 4) is 0 Å². The van der Waals surface area contributed by atoms with Crippen LogP contribution in [0.1, 0.15) is 11.1 Å². The van der Waals surface area contributed by atoms with Crippen LogP contribution in [0.5, 0.6) is 0 Å². The molecule has 76 valence electrons. The van der Waals surface area contributed by atoms with Gasteiger partial charge in [-0.15, -0.1) is 11.8 Å². The van der Waals surface area contributed by atoms with Gasteiger partial charge in [-0.1, -0.05) is 17.7 Å². The van der Waals surface area contributed by atoms with Gasteiger partial charge in [0.1, 0.15) is 0 Å². The molecule has 1 aromatic heterocycles. The van der Waals surface area contributed by atoms with Crippen LogP contribution < -0.4 is 0 Å². The summed E-state index contributed by atoms with van der Waals surface area (Å²) in [6.07, 6.45) is 3.68. The van der Waals surface area contributed by atoms with E-state index in [-0.39, 0.29) is 0 Å². The number of benzene rings is 1. The topological polar surface area (TPSA) is 12.9 Å². The highest BCUT2D eigenvalue weighted by atomic mass is 32.2. The fourth-order valence-electron chi connectivity index (χ4n) is 1.28. The Bertz CT molecular complexity index is 408. The summed E-state index contributed by atoms with van der Waals surface area (Å²) in [6, 6.07) is 12.7. The summed E-state index contributed by atoms with van der Waals surface area (Å²) in [6.45, 7) is 2.11. The zero-order valence-electron chi connectivity index (χ0n) is 8.68. The van der Waals surface area contributed by atoms with Crippen molar-refractivity contribution in [3.05, 3.63) is 59.9 Å². The number of hydrogen-bond donors (Lipinski definition) is 0. The molecule has 0 bridgehead atoms. The van der Waals surface area contributed by atoms with Crippen molar-refractivity contribution >= 4 is 11.8 Å². The summed E-state index contributed by atoms with van der Waals surface area (Å²) >= 11 is 1.85. The molecular weight excluding hydrogens is 202 g/mol. The highest BCUT2D eigenvalue weighted by molar-refractivity contribution is 7.98.